The molecular weight excluding hydrogens is 256 g/mol. The summed E-state index contributed by atoms with van der Waals surface area (Å²) in [6.45, 7) is 4.23. The fraction of sp³-hybridized carbons (Fsp3) is 0.500. The quantitative estimate of drug-likeness (QED) is 0.832. The van der Waals surface area contributed by atoms with Crippen LogP contribution in [0.5, 0.6) is 0 Å². The van der Waals surface area contributed by atoms with E-state index in [1.165, 1.54) is 0 Å². The first-order chi connectivity index (χ1) is 9.03. The van der Waals surface area contributed by atoms with Crippen molar-refractivity contribution in [2.45, 2.75) is 44.4 Å². The number of allylic oxidation sites excluding steroid dienone is 1. The fourth-order valence-corrected chi connectivity index (χ4v) is 4.89. The molecule has 0 spiro atoms. The Morgan fingerprint density at radius 3 is 2.63 bits per heavy atom. The minimum absolute atomic E-state index is 0.201. The van der Waals surface area contributed by atoms with Gasteiger partial charge in [0.05, 0.1) is 10.6 Å². The molecule has 0 saturated heterocycles. The molecule has 1 heterocycles. The molecule has 1 aliphatic heterocycles. The van der Waals surface area contributed by atoms with E-state index in [1.807, 2.05) is 18.2 Å². The van der Waals surface area contributed by atoms with Crippen molar-refractivity contribution in [3.8, 4) is 0 Å². The highest BCUT2D eigenvalue weighted by atomic mass is 32.2. The van der Waals surface area contributed by atoms with E-state index in [4.69, 9.17) is 0 Å². The van der Waals surface area contributed by atoms with Gasteiger partial charge in [-0.2, -0.15) is 0 Å². The summed E-state index contributed by atoms with van der Waals surface area (Å²) in [4.78, 5) is 0.484. The van der Waals surface area contributed by atoms with E-state index in [1.54, 1.807) is 12.1 Å². The number of benzene rings is 1. The Morgan fingerprint density at radius 1 is 1.21 bits per heavy atom. The second kappa shape index (κ2) is 5.49. The minimum Gasteiger partial charge on any atom is -0.224 e. The molecular formula is C16H22O2S. The lowest BCUT2D eigenvalue weighted by atomic mass is 9.81. The van der Waals surface area contributed by atoms with Crippen LogP contribution in [0.3, 0.4) is 0 Å². The summed E-state index contributed by atoms with van der Waals surface area (Å²) < 4.78 is 25.2. The van der Waals surface area contributed by atoms with Crippen LogP contribution in [-0.2, 0) is 9.84 Å². The molecule has 19 heavy (non-hydrogen) atoms. The van der Waals surface area contributed by atoms with E-state index in [0.29, 0.717) is 4.90 Å². The summed E-state index contributed by atoms with van der Waals surface area (Å²) >= 11 is 0. The van der Waals surface area contributed by atoms with E-state index < -0.39 is 9.84 Å². The highest BCUT2D eigenvalue weighted by Crippen LogP contribution is 2.38. The SMILES string of the molecule is CCCCC1(CC)C=Cc2ccccc2S(=O)(=O)C1. The number of fused-ring (bicyclic) bond motifs is 1. The molecule has 0 saturated carbocycles. The van der Waals surface area contributed by atoms with Crippen molar-refractivity contribution in [2.24, 2.45) is 5.41 Å². The Labute approximate surface area is 116 Å². The topological polar surface area (TPSA) is 34.1 Å². The van der Waals surface area contributed by atoms with Crippen LogP contribution in [0.15, 0.2) is 35.2 Å². The molecule has 1 aromatic carbocycles. The lowest BCUT2D eigenvalue weighted by Gasteiger charge is -2.28. The van der Waals surface area contributed by atoms with Gasteiger partial charge >= 0.3 is 0 Å². The Balaban J connectivity index is 2.46. The maximum Gasteiger partial charge on any atom is 0.179 e. The van der Waals surface area contributed by atoms with Crippen molar-refractivity contribution in [3.63, 3.8) is 0 Å². The summed E-state index contributed by atoms with van der Waals surface area (Å²) in [5, 5.41) is 0. The number of unbranched alkanes of at least 4 members (excludes halogenated alkanes) is 1. The molecule has 0 aromatic heterocycles. The maximum absolute atomic E-state index is 12.6. The average molecular weight is 278 g/mol. The van der Waals surface area contributed by atoms with Gasteiger partial charge in [0, 0.05) is 5.41 Å². The molecule has 2 rings (SSSR count). The van der Waals surface area contributed by atoms with Crippen molar-refractivity contribution in [2.75, 3.05) is 5.75 Å². The predicted octanol–water partition coefficient (Wildman–Crippen LogP) is 4.07. The lowest BCUT2D eigenvalue weighted by molar-refractivity contribution is 0.366. The normalized spacial score (nSPS) is 24.7. The van der Waals surface area contributed by atoms with Crippen molar-refractivity contribution in [1.82, 2.24) is 0 Å². The Kier molecular flexibility index (Phi) is 4.14. The monoisotopic (exact) mass is 278 g/mol. The third-order valence-electron chi connectivity index (χ3n) is 4.08. The molecule has 0 radical (unpaired) electrons. The van der Waals surface area contributed by atoms with Crippen molar-refractivity contribution >= 4 is 15.9 Å². The second-order valence-corrected chi connectivity index (χ2v) is 7.41. The predicted molar refractivity (Wildman–Crippen MR) is 79.8 cm³/mol. The van der Waals surface area contributed by atoms with Crippen LogP contribution < -0.4 is 0 Å². The summed E-state index contributed by atoms with van der Waals surface area (Å²) in [5.41, 5.74) is 0.628. The third-order valence-corrected chi connectivity index (χ3v) is 6.08. The first-order valence-corrected chi connectivity index (χ1v) is 8.69. The number of rotatable bonds is 4. The Bertz CT molecular complexity index is 572. The largest absolute Gasteiger partial charge is 0.224 e. The van der Waals surface area contributed by atoms with Gasteiger partial charge in [-0.3, -0.25) is 0 Å². The molecule has 0 aliphatic carbocycles. The molecule has 1 aromatic rings. The smallest absolute Gasteiger partial charge is 0.179 e. The molecule has 0 bridgehead atoms. The highest BCUT2D eigenvalue weighted by molar-refractivity contribution is 7.91. The van der Waals surface area contributed by atoms with Crippen molar-refractivity contribution < 1.29 is 8.42 Å². The van der Waals surface area contributed by atoms with Crippen LogP contribution in [0, 0.1) is 5.41 Å². The van der Waals surface area contributed by atoms with Gasteiger partial charge in [-0.15, -0.1) is 0 Å². The van der Waals surface area contributed by atoms with Crippen molar-refractivity contribution in [3.05, 3.63) is 35.9 Å². The van der Waals surface area contributed by atoms with E-state index in [-0.39, 0.29) is 11.2 Å². The molecule has 0 fully saturated rings. The van der Waals surface area contributed by atoms with E-state index in [0.717, 1.165) is 31.2 Å². The summed E-state index contributed by atoms with van der Waals surface area (Å²) in [6.07, 6.45) is 8.12. The molecule has 1 atom stereocenters. The van der Waals surface area contributed by atoms with Gasteiger partial charge in [-0.25, -0.2) is 8.42 Å². The average Bonchev–Trinajstić information content (AvgIpc) is 2.52. The molecule has 1 unspecified atom stereocenters. The summed E-state index contributed by atoms with van der Waals surface area (Å²) in [6, 6.07) is 7.30. The third kappa shape index (κ3) is 2.92. The van der Waals surface area contributed by atoms with Crippen LogP contribution in [-0.4, -0.2) is 14.2 Å². The van der Waals surface area contributed by atoms with Gasteiger partial charge in [0.1, 0.15) is 0 Å². The van der Waals surface area contributed by atoms with E-state index in [9.17, 15) is 8.42 Å². The maximum atomic E-state index is 12.6. The van der Waals surface area contributed by atoms with Gasteiger partial charge in [-0.1, -0.05) is 57.0 Å². The molecule has 2 nitrogen and oxygen atoms in total. The Hall–Kier alpha value is -1.09. The van der Waals surface area contributed by atoms with Crippen LogP contribution in [0.1, 0.15) is 45.1 Å². The molecule has 0 N–H and O–H groups in total. The van der Waals surface area contributed by atoms with Gasteiger partial charge in [0.2, 0.25) is 0 Å². The van der Waals surface area contributed by atoms with Crippen LogP contribution >= 0.6 is 0 Å². The van der Waals surface area contributed by atoms with E-state index in [2.05, 4.69) is 19.9 Å². The van der Waals surface area contributed by atoms with Gasteiger partial charge in [-0.05, 0) is 24.5 Å². The second-order valence-electron chi connectivity index (χ2n) is 5.45. The van der Waals surface area contributed by atoms with Gasteiger partial charge in [0.15, 0.2) is 9.84 Å². The standard InChI is InChI=1S/C16H22O2S/c1-3-5-11-16(4-2)12-10-14-8-6-7-9-15(14)19(17,18)13-16/h6-10,12H,3-5,11,13H2,1-2H3. The zero-order valence-electron chi connectivity index (χ0n) is 11.7. The van der Waals surface area contributed by atoms with Crippen LogP contribution in [0.2, 0.25) is 0 Å². The number of hydrogen-bond acceptors (Lipinski definition) is 2. The molecule has 104 valence electrons. The molecule has 1 aliphatic rings. The lowest BCUT2D eigenvalue weighted by Crippen LogP contribution is -2.27. The first kappa shape index (κ1) is 14.3. The summed E-state index contributed by atoms with van der Waals surface area (Å²) in [5.74, 6) is 0.240. The van der Waals surface area contributed by atoms with Crippen LogP contribution in [0.4, 0.5) is 0 Å². The molecule has 3 heteroatoms. The van der Waals surface area contributed by atoms with E-state index >= 15 is 0 Å². The summed E-state index contributed by atoms with van der Waals surface area (Å²) in [7, 11) is -3.19. The fourth-order valence-electron chi connectivity index (χ4n) is 2.75. The van der Waals surface area contributed by atoms with Crippen LogP contribution in [0.25, 0.3) is 6.08 Å². The highest BCUT2D eigenvalue weighted by Gasteiger charge is 2.34. The van der Waals surface area contributed by atoms with Crippen molar-refractivity contribution in [1.29, 1.82) is 0 Å². The first-order valence-electron chi connectivity index (χ1n) is 7.04. The number of hydrogen-bond donors (Lipinski definition) is 0. The number of sulfone groups is 1. The van der Waals surface area contributed by atoms with Gasteiger partial charge < -0.3 is 0 Å². The minimum atomic E-state index is -3.19. The van der Waals surface area contributed by atoms with Gasteiger partial charge in [0.25, 0.3) is 0 Å². The zero-order valence-corrected chi connectivity index (χ0v) is 12.5. The zero-order chi connectivity index (χ0) is 13.9. The molecule has 0 amide bonds. The Morgan fingerprint density at radius 2 is 1.95 bits per heavy atom.